The SMILES string of the molecule is COC(C)c1nnc(NC(=O)COc2ccc(Cl)cc2C)s1. The van der Waals surface area contributed by atoms with Crippen LogP contribution in [0.1, 0.15) is 23.6 Å². The van der Waals surface area contributed by atoms with E-state index in [1.54, 1.807) is 25.3 Å². The molecule has 0 spiro atoms. The number of amides is 1. The van der Waals surface area contributed by atoms with Crippen LogP contribution in [0, 0.1) is 6.92 Å². The van der Waals surface area contributed by atoms with Crippen molar-refractivity contribution in [1.29, 1.82) is 0 Å². The summed E-state index contributed by atoms with van der Waals surface area (Å²) >= 11 is 7.14. The summed E-state index contributed by atoms with van der Waals surface area (Å²) in [5.41, 5.74) is 0.868. The Morgan fingerprint density at radius 3 is 2.91 bits per heavy atom. The summed E-state index contributed by atoms with van der Waals surface area (Å²) < 4.78 is 10.6. The smallest absolute Gasteiger partial charge is 0.264 e. The van der Waals surface area contributed by atoms with Gasteiger partial charge < -0.3 is 9.47 Å². The van der Waals surface area contributed by atoms with Crippen LogP contribution in [0.4, 0.5) is 5.13 Å². The number of hydrogen-bond donors (Lipinski definition) is 1. The molecule has 6 nitrogen and oxygen atoms in total. The average molecular weight is 342 g/mol. The molecule has 1 amide bonds. The number of benzene rings is 1. The molecule has 0 saturated carbocycles. The summed E-state index contributed by atoms with van der Waals surface area (Å²) in [7, 11) is 1.59. The summed E-state index contributed by atoms with van der Waals surface area (Å²) in [6.45, 7) is 3.61. The summed E-state index contributed by atoms with van der Waals surface area (Å²) in [5, 5.41) is 12.2. The van der Waals surface area contributed by atoms with E-state index in [9.17, 15) is 4.79 Å². The first-order valence-electron chi connectivity index (χ1n) is 6.54. The monoisotopic (exact) mass is 341 g/mol. The molecule has 0 bridgehead atoms. The maximum atomic E-state index is 11.9. The van der Waals surface area contributed by atoms with Crippen LogP contribution in [0.3, 0.4) is 0 Å². The second kappa shape index (κ2) is 7.53. The number of methoxy groups -OCH3 is 1. The minimum Gasteiger partial charge on any atom is -0.483 e. The van der Waals surface area contributed by atoms with Gasteiger partial charge in [0.15, 0.2) is 6.61 Å². The number of hydrogen-bond acceptors (Lipinski definition) is 6. The third-order valence-electron chi connectivity index (χ3n) is 2.88. The van der Waals surface area contributed by atoms with E-state index in [-0.39, 0.29) is 18.6 Å². The normalized spacial score (nSPS) is 12.0. The number of aromatic nitrogens is 2. The van der Waals surface area contributed by atoms with Crippen molar-refractivity contribution in [3.05, 3.63) is 33.8 Å². The maximum absolute atomic E-state index is 11.9. The third-order valence-corrected chi connectivity index (χ3v) is 4.12. The molecule has 0 fully saturated rings. The Kier molecular flexibility index (Phi) is 5.70. The van der Waals surface area contributed by atoms with Gasteiger partial charge in [-0.3, -0.25) is 10.1 Å². The second-order valence-electron chi connectivity index (χ2n) is 4.57. The number of carbonyl (C=O) groups is 1. The predicted octanol–water partition coefficient (Wildman–Crippen LogP) is 3.22. The van der Waals surface area contributed by atoms with Gasteiger partial charge in [0.05, 0.1) is 0 Å². The summed E-state index contributed by atoms with van der Waals surface area (Å²) in [6.07, 6.45) is -0.156. The van der Waals surface area contributed by atoms with E-state index in [1.165, 1.54) is 11.3 Å². The number of anilines is 1. The Labute approximate surface area is 137 Å². The van der Waals surface area contributed by atoms with Crippen LogP contribution >= 0.6 is 22.9 Å². The Morgan fingerprint density at radius 1 is 1.45 bits per heavy atom. The van der Waals surface area contributed by atoms with E-state index in [0.717, 1.165) is 5.56 Å². The van der Waals surface area contributed by atoms with Gasteiger partial charge in [-0.15, -0.1) is 10.2 Å². The second-order valence-corrected chi connectivity index (χ2v) is 6.02. The summed E-state index contributed by atoms with van der Waals surface area (Å²) in [5.74, 6) is 0.313. The molecule has 2 aromatic rings. The van der Waals surface area contributed by atoms with Crippen LogP contribution in [-0.4, -0.2) is 29.8 Å². The molecule has 0 aliphatic carbocycles. The fourth-order valence-corrected chi connectivity index (χ4v) is 2.64. The van der Waals surface area contributed by atoms with Crippen LogP contribution < -0.4 is 10.1 Å². The predicted molar refractivity (Wildman–Crippen MR) is 85.6 cm³/mol. The lowest BCUT2D eigenvalue weighted by Gasteiger charge is -2.08. The Hall–Kier alpha value is -1.70. The van der Waals surface area contributed by atoms with Gasteiger partial charge in [0, 0.05) is 12.1 Å². The van der Waals surface area contributed by atoms with Crippen molar-refractivity contribution in [3.63, 3.8) is 0 Å². The molecule has 0 saturated heterocycles. The first-order valence-corrected chi connectivity index (χ1v) is 7.74. The third kappa shape index (κ3) is 4.40. The molecule has 118 valence electrons. The van der Waals surface area contributed by atoms with Crippen molar-refractivity contribution in [3.8, 4) is 5.75 Å². The molecular weight excluding hydrogens is 326 g/mol. The molecule has 1 atom stereocenters. The van der Waals surface area contributed by atoms with Gasteiger partial charge in [-0.1, -0.05) is 22.9 Å². The minimum absolute atomic E-state index is 0.114. The van der Waals surface area contributed by atoms with Crippen molar-refractivity contribution in [2.24, 2.45) is 0 Å². The van der Waals surface area contributed by atoms with Gasteiger partial charge in [-0.25, -0.2) is 0 Å². The highest BCUT2D eigenvalue weighted by atomic mass is 35.5. The highest BCUT2D eigenvalue weighted by Crippen LogP contribution is 2.24. The molecule has 22 heavy (non-hydrogen) atoms. The van der Waals surface area contributed by atoms with Gasteiger partial charge in [0.1, 0.15) is 16.9 Å². The van der Waals surface area contributed by atoms with Crippen LogP contribution in [0.25, 0.3) is 0 Å². The van der Waals surface area contributed by atoms with E-state index in [1.807, 2.05) is 13.8 Å². The number of nitrogens with one attached hydrogen (secondary N) is 1. The zero-order valence-corrected chi connectivity index (χ0v) is 14.0. The Balaban J connectivity index is 1.89. The van der Waals surface area contributed by atoms with Crippen molar-refractivity contribution in [2.75, 3.05) is 19.0 Å². The molecule has 0 radical (unpaired) electrons. The molecule has 1 aromatic carbocycles. The standard InChI is InChI=1S/C14H16ClN3O3S/c1-8-6-10(15)4-5-11(8)21-7-12(19)16-14-18-17-13(22-14)9(2)20-3/h4-6,9H,7H2,1-3H3,(H,16,18,19). The lowest BCUT2D eigenvalue weighted by molar-refractivity contribution is -0.118. The van der Waals surface area contributed by atoms with Crippen LogP contribution in [-0.2, 0) is 9.53 Å². The largest absolute Gasteiger partial charge is 0.483 e. The molecule has 1 unspecified atom stereocenters. The fraction of sp³-hybridized carbons (Fsp3) is 0.357. The number of aryl methyl sites for hydroxylation is 1. The molecule has 1 aromatic heterocycles. The van der Waals surface area contributed by atoms with Crippen molar-refractivity contribution >= 4 is 34.0 Å². The van der Waals surface area contributed by atoms with Crippen molar-refractivity contribution < 1.29 is 14.3 Å². The topological polar surface area (TPSA) is 73.3 Å². The fourth-order valence-electron chi connectivity index (χ4n) is 1.62. The summed E-state index contributed by atoms with van der Waals surface area (Å²) in [6, 6.07) is 5.22. The van der Waals surface area contributed by atoms with Crippen LogP contribution in [0.15, 0.2) is 18.2 Å². The number of rotatable bonds is 6. The highest BCUT2D eigenvalue weighted by molar-refractivity contribution is 7.15. The van der Waals surface area contributed by atoms with Crippen LogP contribution in [0.5, 0.6) is 5.75 Å². The van der Waals surface area contributed by atoms with E-state index in [4.69, 9.17) is 21.1 Å². The van der Waals surface area contributed by atoms with Crippen molar-refractivity contribution in [1.82, 2.24) is 10.2 Å². The van der Waals surface area contributed by atoms with E-state index in [2.05, 4.69) is 15.5 Å². The average Bonchev–Trinajstić information content (AvgIpc) is 2.94. The quantitative estimate of drug-likeness (QED) is 0.873. The van der Waals surface area contributed by atoms with Gasteiger partial charge >= 0.3 is 0 Å². The summed E-state index contributed by atoms with van der Waals surface area (Å²) in [4.78, 5) is 11.9. The molecule has 1 heterocycles. The first-order chi connectivity index (χ1) is 10.5. The van der Waals surface area contributed by atoms with E-state index < -0.39 is 0 Å². The minimum atomic E-state index is -0.304. The number of nitrogens with zero attached hydrogens (tertiary/aromatic N) is 2. The Morgan fingerprint density at radius 2 is 2.23 bits per heavy atom. The highest BCUT2D eigenvalue weighted by Gasteiger charge is 2.13. The molecule has 8 heteroatoms. The number of ether oxygens (including phenoxy) is 2. The Bertz CT molecular complexity index is 663. The zero-order chi connectivity index (χ0) is 16.1. The van der Waals surface area contributed by atoms with Crippen molar-refractivity contribution in [2.45, 2.75) is 20.0 Å². The molecular formula is C14H16ClN3O3S. The number of carbonyl (C=O) groups excluding carboxylic acids is 1. The lowest BCUT2D eigenvalue weighted by atomic mass is 10.2. The van der Waals surface area contributed by atoms with Gasteiger partial charge in [-0.2, -0.15) is 0 Å². The molecule has 1 N–H and O–H groups in total. The lowest BCUT2D eigenvalue weighted by Crippen LogP contribution is -2.20. The molecule has 0 aliphatic heterocycles. The van der Waals surface area contributed by atoms with Gasteiger partial charge in [0.2, 0.25) is 5.13 Å². The first kappa shape index (κ1) is 16.7. The van der Waals surface area contributed by atoms with E-state index in [0.29, 0.717) is 20.9 Å². The van der Waals surface area contributed by atoms with Gasteiger partial charge in [-0.05, 0) is 37.6 Å². The number of halogens is 1. The zero-order valence-electron chi connectivity index (χ0n) is 12.4. The maximum Gasteiger partial charge on any atom is 0.264 e. The van der Waals surface area contributed by atoms with Crippen LogP contribution in [0.2, 0.25) is 5.02 Å². The molecule has 2 rings (SSSR count). The van der Waals surface area contributed by atoms with E-state index >= 15 is 0 Å². The molecule has 0 aliphatic rings. The van der Waals surface area contributed by atoms with Gasteiger partial charge in [0.25, 0.3) is 5.91 Å².